The van der Waals surface area contributed by atoms with Gasteiger partial charge < -0.3 is 14.2 Å². The average Bonchev–Trinajstić information content (AvgIpc) is 3.21. The van der Waals surface area contributed by atoms with E-state index < -0.39 is 12.1 Å². The molecule has 0 spiro atoms. The van der Waals surface area contributed by atoms with Crippen LogP contribution in [0, 0.1) is 0 Å². The van der Waals surface area contributed by atoms with Crippen LogP contribution in [0.2, 0.25) is 0 Å². The predicted octanol–water partition coefficient (Wildman–Crippen LogP) is 14.9. The molecule has 0 aliphatic rings. The molecular weight excluding hydrogens is 709 g/mol. The van der Waals surface area contributed by atoms with Crippen molar-refractivity contribution in [2.24, 2.45) is 0 Å². The first-order valence-electron chi connectivity index (χ1n) is 23.1. The van der Waals surface area contributed by atoms with Gasteiger partial charge in [-0.3, -0.25) is 14.4 Å². The highest BCUT2D eigenvalue weighted by Gasteiger charge is 2.19. The van der Waals surface area contributed by atoms with Crippen molar-refractivity contribution in [3.63, 3.8) is 0 Å². The number of carbonyl (C=O) groups excluding carboxylic acids is 3. The molecule has 1 unspecified atom stereocenters. The van der Waals surface area contributed by atoms with Crippen molar-refractivity contribution in [2.45, 2.75) is 207 Å². The second-order valence-corrected chi connectivity index (χ2v) is 14.9. The van der Waals surface area contributed by atoms with Gasteiger partial charge in [0.25, 0.3) is 0 Å². The molecule has 0 aromatic carbocycles. The van der Waals surface area contributed by atoms with Crippen LogP contribution in [-0.4, -0.2) is 37.2 Å². The average molecular weight is 793 g/mol. The summed E-state index contributed by atoms with van der Waals surface area (Å²) in [6.45, 7) is 6.35. The fraction of sp³-hybridized carbons (Fsp3) is 0.667. The van der Waals surface area contributed by atoms with Gasteiger partial charge in [-0.2, -0.15) is 0 Å². The van der Waals surface area contributed by atoms with Crippen LogP contribution in [-0.2, 0) is 28.6 Å². The number of unbranched alkanes of at least 4 members (excludes halogenated alkanes) is 16. The third-order valence-corrected chi connectivity index (χ3v) is 9.42. The van der Waals surface area contributed by atoms with Crippen molar-refractivity contribution < 1.29 is 28.6 Å². The van der Waals surface area contributed by atoms with Crippen LogP contribution in [0.15, 0.2) is 85.1 Å². The molecule has 6 nitrogen and oxygen atoms in total. The molecule has 0 fully saturated rings. The first kappa shape index (κ1) is 53.6. The van der Waals surface area contributed by atoms with E-state index in [1.54, 1.807) is 6.08 Å². The summed E-state index contributed by atoms with van der Waals surface area (Å²) in [5.41, 5.74) is 0. The van der Waals surface area contributed by atoms with Crippen molar-refractivity contribution in [3.05, 3.63) is 85.1 Å². The smallest absolute Gasteiger partial charge is 0.310 e. The fourth-order valence-corrected chi connectivity index (χ4v) is 5.96. The molecule has 0 radical (unpaired) electrons. The van der Waals surface area contributed by atoms with E-state index in [-0.39, 0.29) is 31.6 Å². The molecule has 57 heavy (non-hydrogen) atoms. The van der Waals surface area contributed by atoms with Crippen LogP contribution in [0.3, 0.4) is 0 Å². The van der Waals surface area contributed by atoms with Crippen molar-refractivity contribution in [3.8, 4) is 0 Å². The molecule has 0 aliphatic carbocycles. The van der Waals surface area contributed by atoms with Gasteiger partial charge in [0.2, 0.25) is 0 Å². The highest BCUT2D eigenvalue weighted by atomic mass is 16.6. The first-order chi connectivity index (χ1) is 28.0. The summed E-state index contributed by atoms with van der Waals surface area (Å²) in [6, 6.07) is 0. The molecule has 0 bridgehead atoms. The Morgan fingerprint density at radius 1 is 0.386 bits per heavy atom. The molecule has 324 valence electrons. The van der Waals surface area contributed by atoms with E-state index in [0.717, 1.165) is 96.3 Å². The third kappa shape index (κ3) is 43.6. The standard InChI is InChI=1S/C51H84O6/c1-4-7-10-13-16-19-21-23-25-27-28-30-32-35-38-41-44-50(53)56-47-48(46-55-49(52)43-40-37-34-18-15-12-9-6-3)57-51(54)45-42-39-36-33-31-29-26-24-22-20-17-14-11-8-5-2/h8,11,17,19-21,24-27,31,33,39,42,48H,4-7,9-10,12-16,18,22-23,28-30,32,34-38,40-41,43-47H2,1-3H3/b11-8-,20-17-,21-19-,26-24-,27-25-,33-31-,42-39-. The van der Waals surface area contributed by atoms with E-state index in [0.29, 0.717) is 12.8 Å². The lowest BCUT2D eigenvalue weighted by Crippen LogP contribution is -2.30. The number of hydrogen-bond acceptors (Lipinski definition) is 6. The van der Waals surface area contributed by atoms with E-state index in [1.807, 2.05) is 6.08 Å². The Balaban J connectivity index is 4.50. The fourth-order valence-electron chi connectivity index (χ4n) is 5.96. The van der Waals surface area contributed by atoms with Gasteiger partial charge in [0.15, 0.2) is 6.10 Å². The van der Waals surface area contributed by atoms with Crippen LogP contribution < -0.4 is 0 Å². The second kappa shape index (κ2) is 45.3. The minimum Gasteiger partial charge on any atom is -0.462 e. The molecule has 6 heteroatoms. The van der Waals surface area contributed by atoms with Gasteiger partial charge >= 0.3 is 17.9 Å². The van der Waals surface area contributed by atoms with E-state index in [9.17, 15) is 14.4 Å². The van der Waals surface area contributed by atoms with E-state index in [2.05, 4.69) is 93.7 Å². The number of ether oxygens (including phenoxy) is 3. The molecule has 1 atom stereocenters. The number of esters is 3. The summed E-state index contributed by atoms with van der Waals surface area (Å²) < 4.78 is 16.6. The Labute approximate surface area is 350 Å². The van der Waals surface area contributed by atoms with E-state index in [4.69, 9.17) is 14.2 Å². The number of hydrogen-bond donors (Lipinski definition) is 0. The second-order valence-electron chi connectivity index (χ2n) is 14.9. The molecule has 0 aromatic rings. The van der Waals surface area contributed by atoms with Gasteiger partial charge in [0.05, 0.1) is 6.42 Å². The molecule has 0 saturated carbocycles. The van der Waals surface area contributed by atoms with Crippen molar-refractivity contribution in [1.29, 1.82) is 0 Å². The number of carbonyl (C=O) groups is 3. The summed E-state index contributed by atoms with van der Waals surface area (Å²) in [5.74, 6) is -1.08. The molecule has 0 saturated heterocycles. The molecule has 0 heterocycles. The zero-order chi connectivity index (χ0) is 41.5. The maximum atomic E-state index is 12.7. The Kier molecular flexibility index (Phi) is 42.6. The van der Waals surface area contributed by atoms with Crippen LogP contribution in [0.25, 0.3) is 0 Å². The Bertz CT molecular complexity index is 1140. The normalized spacial score (nSPS) is 12.8. The summed E-state index contributed by atoms with van der Waals surface area (Å²) in [4.78, 5) is 37.6. The first-order valence-corrected chi connectivity index (χ1v) is 23.1. The monoisotopic (exact) mass is 793 g/mol. The molecular formula is C51H84O6. The lowest BCUT2D eigenvalue weighted by Gasteiger charge is -2.18. The Morgan fingerprint density at radius 3 is 1.18 bits per heavy atom. The SMILES string of the molecule is CC/C=C\C/C=C\C/C=C\C/C=C\C/C=C\CC(=O)OC(COC(=O)CCCCCCC/C=C\C/C=C\CCCCCC)COC(=O)CCCCCCCCCC. The Morgan fingerprint density at radius 2 is 0.737 bits per heavy atom. The zero-order valence-corrected chi connectivity index (χ0v) is 36.8. The highest BCUT2D eigenvalue weighted by molar-refractivity contribution is 5.72. The molecule has 0 aliphatic heterocycles. The zero-order valence-electron chi connectivity index (χ0n) is 36.8. The summed E-state index contributed by atoms with van der Waals surface area (Å²) in [7, 11) is 0. The van der Waals surface area contributed by atoms with Crippen molar-refractivity contribution in [1.82, 2.24) is 0 Å². The lowest BCUT2D eigenvalue weighted by molar-refractivity contribution is -0.166. The van der Waals surface area contributed by atoms with E-state index >= 15 is 0 Å². The third-order valence-electron chi connectivity index (χ3n) is 9.42. The highest BCUT2D eigenvalue weighted by Crippen LogP contribution is 2.12. The molecule has 0 rings (SSSR count). The largest absolute Gasteiger partial charge is 0.462 e. The van der Waals surface area contributed by atoms with Gasteiger partial charge in [-0.25, -0.2) is 0 Å². The van der Waals surface area contributed by atoms with E-state index in [1.165, 1.54) is 64.2 Å². The summed E-state index contributed by atoms with van der Waals surface area (Å²) in [6.07, 6.45) is 57.4. The topological polar surface area (TPSA) is 78.9 Å². The van der Waals surface area contributed by atoms with Gasteiger partial charge in [-0.1, -0.05) is 189 Å². The van der Waals surface area contributed by atoms with Gasteiger partial charge in [-0.15, -0.1) is 0 Å². The summed E-state index contributed by atoms with van der Waals surface area (Å²) in [5, 5.41) is 0. The quantitative estimate of drug-likeness (QED) is 0.0266. The van der Waals surface area contributed by atoms with Crippen molar-refractivity contribution in [2.75, 3.05) is 13.2 Å². The number of rotatable bonds is 40. The minimum atomic E-state index is -0.832. The maximum absolute atomic E-state index is 12.7. The predicted molar refractivity (Wildman–Crippen MR) is 242 cm³/mol. The van der Waals surface area contributed by atoms with Crippen molar-refractivity contribution >= 4 is 17.9 Å². The lowest BCUT2D eigenvalue weighted by atomic mass is 10.1. The molecule has 0 aromatic heterocycles. The van der Waals surface area contributed by atoms with Gasteiger partial charge in [0, 0.05) is 12.8 Å². The van der Waals surface area contributed by atoms with Gasteiger partial charge in [0.1, 0.15) is 13.2 Å². The molecule has 0 amide bonds. The summed E-state index contributed by atoms with van der Waals surface area (Å²) >= 11 is 0. The van der Waals surface area contributed by atoms with Crippen LogP contribution >= 0.6 is 0 Å². The van der Waals surface area contributed by atoms with Crippen LogP contribution in [0.1, 0.15) is 201 Å². The van der Waals surface area contributed by atoms with Crippen LogP contribution in [0.5, 0.6) is 0 Å². The molecule has 0 N–H and O–H groups in total. The maximum Gasteiger partial charge on any atom is 0.310 e. The minimum absolute atomic E-state index is 0.0935. The number of allylic oxidation sites excluding steroid dienone is 13. The Hall–Kier alpha value is -3.41. The van der Waals surface area contributed by atoms with Crippen LogP contribution in [0.4, 0.5) is 0 Å². The van der Waals surface area contributed by atoms with Gasteiger partial charge in [-0.05, 0) is 77.0 Å².